The average molecular weight is 203 g/mol. The van der Waals surface area contributed by atoms with Gasteiger partial charge < -0.3 is 5.32 Å². The Bertz CT molecular complexity index is 168. The van der Waals surface area contributed by atoms with Crippen molar-refractivity contribution in [1.82, 2.24) is 5.32 Å². The van der Waals surface area contributed by atoms with Crippen LogP contribution in [0.4, 0.5) is 0 Å². The summed E-state index contributed by atoms with van der Waals surface area (Å²) in [5.74, 6) is 0.870. The molecule has 2 nitrogen and oxygen atoms in total. The van der Waals surface area contributed by atoms with Gasteiger partial charge in [0.15, 0.2) is 0 Å². The highest BCUT2D eigenvalue weighted by Crippen LogP contribution is 2.18. The van der Waals surface area contributed by atoms with Crippen LogP contribution < -0.4 is 5.32 Å². The third-order valence-corrected chi connectivity index (χ3v) is 4.48. The Kier molecular flexibility index (Phi) is 4.96. The Morgan fingerprint density at radius 2 is 2.23 bits per heavy atom. The van der Waals surface area contributed by atoms with E-state index in [0.29, 0.717) is 5.25 Å². The lowest BCUT2D eigenvalue weighted by molar-refractivity contribution is 0.649. The van der Waals surface area contributed by atoms with E-state index in [0.717, 1.165) is 31.2 Å². The molecule has 0 radical (unpaired) electrons. The molecule has 0 heterocycles. The quantitative estimate of drug-likeness (QED) is 0.638. The first kappa shape index (κ1) is 11.2. The Labute approximate surface area is 83.9 Å². The Hall–Kier alpha value is 0.110. The molecule has 1 rings (SSSR count). The minimum atomic E-state index is -0.599. The minimum Gasteiger partial charge on any atom is -0.314 e. The molecule has 2 atom stereocenters. The highest BCUT2D eigenvalue weighted by Gasteiger charge is 2.19. The lowest BCUT2D eigenvalue weighted by atomic mass is 10.4. The van der Waals surface area contributed by atoms with E-state index in [1.54, 1.807) is 0 Å². The van der Waals surface area contributed by atoms with Crippen molar-refractivity contribution in [2.45, 2.75) is 50.8 Å². The summed E-state index contributed by atoms with van der Waals surface area (Å²) in [6, 6.07) is 0.789. The molecule has 1 saturated carbocycles. The van der Waals surface area contributed by atoms with Crippen molar-refractivity contribution in [1.29, 1.82) is 0 Å². The van der Waals surface area contributed by atoms with Gasteiger partial charge in [0, 0.05) is 27.8 Å². The summed E-state index contributed by atoms with van der Waals surface area (Å²) in [5.41, 5.74) is 0. The second-order valence-electron chi connectivity index (χ2n) is 3.89. The van der Waals surface area contributed by atoms with Crippen LogP contribution in [0.1, 0.15) is 39.5 Å². The molecule has 0 aromatic rings. The summed E-state index contributed by atoms with van der Waals surface area (Å²) >= 11 is 0. The van der Waals surface area contributed by atoms with E-state index < -0.39 is 10.8 Å². The van der Waals surface area contributed by atoms with Crippen LogP contribution in [-0.2, 0) is 10.8 Å². The molecule has 1 fully saturated rings. The van der Waals surface area contributed by atoms with Crippen LogP contribution in [0.2, 0.25) is 0 Å². The number of nitrogens with one attached hydrogen (secondary N) is 1. The molecule has 0 spiro atoms. The molecule has 0 amide bonds. The molecule has 1 aliphatic carbocycles. The molecule has 2 unspecified atom stereocenters. The summed E-state index contributed by atoms with van der Waals surface area (Å²) < 4.78 is 11.5. The van der Waals surface area contributed by atoms with Crippen LogP contribution in [0.5, 0.6) is 0 Å². The topological polar surface area (TPSA) is 29.1 Å². The predicted octanol–water partition coefficient (Wildman–Crippen LogP) is 1.68. The van der Waals surface area contributed by atoms with Gasteiger partial charge in [-0.05, 0) is 32.2 Å². The van der Waals surface area contributed by atoms with E-state index in [9.17, 15) is 4.21 Å². The van der Waals surface area contributed by atoms with Gasteiger partial charge in [0.25, 0.3) is 0 Å². The van der Waals surface area contributed by atoms with E-state index in [1.807, 2.05) is 0 Å². The maximum atomic E-state index is 11.5. The molecular formula is C10H21NOS. The lowest BCUT2D eigenvalue weighted by Crippen LogP contribution is -2.21. The largest absolute Gasteiger partial charge is 0.314 e. The number of hydrogen-bond acceptors (Lipinski definition) is 2. The van der Waals surface area contributed by atoms with E-state index in [1.165, 1.54) is 12.8 Å². The second-order valence-corrected chi connectivity index (χ2v) is 5.86. The molecule has 0 saturated heterocycles. The molecule has 13 heavy (non-hydrogen) atoms. The van der Waals surface area contributed by atoms with E-state index in [2.05, 4.69) is 19.2 Å². The van der Waals surface area contributed by atoms with Crippen molar-refractivity contribution >= 4 is 10.8 Å². The zero-order valence-electron chi connectivity index (χ0n) is 8.71. The van der Waals surface area contributed by atoms with Crippen LogP contribution in [0, 0.1) is 0 Å². The van der Waals surface area contributed by atoms with Crippen LogP contribution in [0.25, 0.3) is 0 Å². The highest BCUT2D eigenvalue weighted by atomic mass is 32.2. The monoisotopic (exact) mass is 203 g/mol. The van der Waals surface area contributed by atoms with Gasteiger partial charge in [0.2, 0.25) is 0 Å². The molecule has 1 aliphatic rings. The molecule has 3 heteroatoms. The standard InChI is InChI=1S/C10H21NOS/c1-3-9(2)13(12)8-4-7-11-10-5-6-10/h9-11H,3-8H2,1-2H3. The Balaban J connectivity index is 1.94. The molecule has 0 bridgehead atoms. The maximum absolute atomic E-state index is 11.5. The normalized spacial score (nSPS) is 21.4. The van der Waals surface area contributed by atoms with Crippen molar-refractivity contribution in [3.05, 3.63) is 0 Å². The van der Waals surface area contributed by atoms with Gasteiger partial charge in [-0.2, -0.15) is 0 Å². The summed E-state index contributed by atoms with van der Waals surface area (Å²) in [5, 5.41) is 3.81. The summed E-state index contributed by atoms with van der Waals surface area (Å²) in [6.45, 7) is 5.22. The van der Waals surface area contributed by atoms with Crippen LogP contribution in [0.15, 0.2) is 0 Å². The van der Waals surface area contributed by atoms with Gasteiger partial charge >= 0.3 is 0 Å². The molecular weight excluding hydrogens is 182 g/mol. The van der Waals surface area contributed by atoms with Gasteiger partial charge in [0.1, 0.15) is 0 Å². The second kappa shape index (κ2) is 5.76. The fourth-order valence-electron chi connectivity index (χ4n) is 1.20. The molecule has 1 N–H and O–H groups in total. The third-order valence-electron chi connectivity index (χ3n) is 2.56. The van der Waals surface area contributed by atoms with Crippen LogP contribution >= 0.6 is 0 Å². The van der Waals surface area contributed by atoms with Crippen LogP contribution in [0.3, 0.4) is 0 Å². The zero-order chi connectivity index (χ0) is 9.68. The van der Waals surface area contributed by atoms with Crippen LogP contribution in [-0.4, -0.2) is 27.8 Å². The molecule has 0 aromatic heterocycles. The van der Waals surface area contributed by atoms with Crippen molar-refractivity contribution in [3.63, 3.8) is 0 Å². The fourth-order valence-corrected chi connectivity index (χ4v) is 2.40. The van der Waals surface area contributed by atoms with Crippen molar-refractivity contribution in [2.75, 3.05) is 12.3 Å². The fraction of sp³-hybridized carbons (Fsp3) is 1.00. The van der Waals surface area contributed by atoms with Gasteiger partial charge in [-0.1, -0.05) is 13.8 Å². The van der Waals surface area contributed by atoms with E-state index in [4.69, 9.17) is 0 Å². The summed E-state index contributed by atoms with van der Waals surface area (Å²) in [7, 11) is -0.599. The minimum absolute atomic E-state index is 0.376. The average Bonchev–Trinajstić information content (AvgIpc) is 2.94. The van der Waals surface area contributed by atoms with E-state index in [-0.39, 0.29) is 0 Å². The lowest BCUT2D eigenvalue weighted by Gasteiger charge is -2.08. The maximum Gasteiger partial charge on any atom is 0.0317 e. The van der Waals surface area contributed by atoms with Gasteiger partial charge in [0.05, 0.1) is 0 Å². The molecule has 78 valence electrons. The first-order chi connectivity index (χ1) is 6.24. The van der Waals surface area contributed by atoms with E-state index >= 15 is 0 Å². The third kappa shape index (κ3) is 4.77. The van der Waals surface area contributed by atoms with Crippen molar-refractivity contribution < 1.29 is 4.21 Å². The highest BCUT2D eigenvalue weighted by molar-refractivity contribution is 7.85. The first-order valence-corrected chi connectivity index (χ1v) is 6.72. The molecule has 0 aromatic carbocycles. The number of hydrogen-bond donors (Lipinski definition) is 1. The smallest absolute Gasteiger partial charge is 0.0317 e. The first-order valence-electron chi connectivity index (χ1n) is 5.34. The Morgan fingerprint density at radius 1 is 1.54 bits per heavy atom. The van der Waals surface area contributed by atoms with Gasteiger partial charge in [-0.25, -0.2) is 0 Å². The zero-order valence-corrected chi connectivity index (χ0v) is 9.53. The number of rotatable bonds is 7. The van der Waals surface area contributed by atoms with Crippen molar-refractivity contribution in [2.24, 2.45) is 0 Å². The molecule has 0 aliphatic heterocycles. The predicted molar refractivity (Wildman–Crippen MR) is 58.4 cm³/mol. The van der Waals surface area contributed by atoms with Gasteiger partial charge in [-0.3, -0.25) is 4.21 Å². The SMILES string of the molecule is CCC(C)S(=O)CCCNC1CC1. The Morgan fingerprint density at radius 3 is 2.77 bits per heavy atom. The van der Waals surface area contributed by atoms with Gasteiger partial charge in [-0.15, -0.1) is 0 Å². The summed E-state index contributed by atoms with van der Waals surface area (Å²) in [6.07, 6.45) is 4.78. The summed E-state index contributed by atoms with van der Waals surface area (Å²) in [4.78, 5) is 0. The van der Waals surface area contributed by atoms with Crippen molar-refractivity contribution in [3.8, 4) is 0 Å².